The van der Waals surface area contributed by atoms with E-state index in [9.17, 15) is 4.79 Å². The molecule has 1 aliphatic rings. The zero-order valence-electron chi connectivity index (χ0n) is 8.03. The molecule has 2 unspecified atom stereocenters. The zero-order valence-corrected chi connectivity index (χ0v) is 8.85. The maximum atomic E-state index is 10.7. The molecule has 0 radical (unpaired) electrons. The maximum Gasteiger partial charge on any atom is 0.308 e. The van der Waals surface area contributed by atoms with E-state index in [2.05, 4.69) is 11.2 Å². The van der Waals surface area contributed by atoms with Crippen molar-refractivity contribution in [2.24, 2.45) is 5.92 Å². The number of rotatable bonds is 6. The highest BCUT2D eigenvalue weighted by Gasteiger charge is 2.35. The van der Waals surface area contributed by atoms with Crippen molar-refractivity contribution in [2.45, 2.75) is 18.9 Å². The summed E-state index contributed by atoms with van der Waals surface area (Å²) < 4.78 is 0. The molecule has 1 rings (SSSR count). The molecular formula is C10H15NO2S. The standard InChI is InChI=1S/C10H15NO2S/c1-2-6-14-7-5-11-9-4-3-8(9)10(12)13/h1,8-9,11H,3-7H2,(H,12,13). The Labute approximate surface area is 88.6 Å². The van der Waals surface area contributed by atoms with E-state index < -0.39 is 5.97 Å². The highest BCUT2D eigenvalue weighted by molar-refractivity contribution is 7.99. The first-order valence-electron chi connectivity index (χ1n) is 4.73. The van der Waals surface area contributed by atoms with Gasteiger partial charge in [-0.2, -0.15) is 0 Å². The zero-order chi connectivity index (χ0) is 10.4. The summed E-state index contributed by atoms with van der Waals surface area (Å²) in [6.07, 6.45) is 6.89. The second kappa shape index (κ2) is 5.94. The molecule has 0 aliphatic heterocycles. The summed E-state index contributed by atoms with van der Waals surface area (Å²) in [6, 6.07) is 0.180. The minimum absolute atomic E-state index is 0.173. The van der Waals surface area contributed by atoms with Gasteiger partial charge in [-0.25, -0.2) is 0 Å². The van der Waals surface area contributed by atoms with Crippen molar-refractivity contribution in [1.82, 2.24) is 5.32 Å². The third kappa shape index (κ3) is 3.24. The van der Waals surface area contributed by atoms with Gasteiger partial charge in [0, 0.05) is 18.3 Å². The topological polar surface area (TPSA) is 49.3 Å². The Bertz CT molecular complexity index is 237. The number of carbonyl (C=O) groups is 1. The molecule has 0 aromatic rings. The number of nitrogens with one attached hydrogen (secondary N) is 1. The first-order chi connectivity index (χ1) is 6.75. The van der Waals surface area contributed by atoms with Crippen molar-refractivity contribution in [1.29, 1.82) is 0 Å². The van der Waals surface area contributed by atoms with Gasteiger partial charge in [-0.15, -0.1) is 18.2 Å². The van der Waals surface area contributed by atoms with Crippen molar-refractivity contribution in [3.05, 3.63) is 0 Å². The number of hydrogen-bond acceptors (Lipinski definition) is 3. The normalized spacial score (nSPS) is 25.1. The predicted octanol–water partition coefficient (Wildman–Crippen LogP) is 0.806. The average Bonchev–Trinajstić information content (AvgIpc) is 2.08. The quantitative estimate of drug-likeness (QED) is 0.506. The van der Waals surface area contributed by atoms with Crippen LogP contribution >= 0.6 is 11.8 Å². The molecule has 3 nitrogen and oxygen atoms in total. The molecule has 4 heteroatoms. The van der Waals surface area contributed by atoms with Gasteiger partial charge in [-0.3, -0.25) is 4.79 Å². The van der Waals surface area contributed by atoms with Gasteiger partial charge in [0.1, 0.15) is 0 Å². The first-order valence-corrected chi connectivity index (χ1v) is 5.88. The molecule has 0 aromatic carbocycles. The third-order valence-corrected chi connectivity index (χ3v) is 3.29. The Morgan fingerprint density at radius 3 is 2.93 bits per heavy atom. The number of carboxylic acid groups (broad SMARTS) is 1. The fraction of sp³-hybridized carbons (Fsp3) is 0.700. The van der Waals surface area contributed by atoms with Gasteiger partial charge < -0.3 is 10.4 Å². The van der Waals surface area contributed by atoms with E-state index >= 15 is 0 Å². The molecule has 1 aliphatic carbocycles. The second-order valence-corrected chi connectivity index (χ2v) is 4.44. The average molecular weight is 213 g/mol. The molecule has 14 heavy (non-hydrogen) atoms. The molecule has 0 amide bonds. The van der Waals surface area contributed by atoms with Crippen molar-refractivity contribution in [3.8, 4) is 12.3 Å². The fourth-order valence-corrected chi connectivity index (χ4v) is 2.01. The van der Waals surface area contributed by atoms with Crippen molar-refractivity contribution in [2.75, 3.05) is 18.1 Å². The lowest BCUT2D eigenvalue weighted by atomic mass is 9.80. The Hall–Kier alpha value is -0.660. The predicted molar refractivity (Wildman–Crippen MR) is 58.3 cm³/mol. The van der Waals surface area contributed by atoms with Gasteiger partial charge in [0.25, 0.3) is 0 Å². The molecule has 1 fully saturated rings. The molecule has 0 heterocycles. The van der Waals surface area contributed by atoms with Crippen LogP contribution in [0.25, 0.3) is 0 Å². The van der Waals surface area contributed by atoms with E-state index in [0.717, 1.165) is 30.9 Å². The van der Waals surface area contributed by atoms with Crippen molar-refractivity contribution >= 4 is 17.7 Å². The Morgan fingerprint density at radius 2 is 2.43 bits per heavy atom. The van der Waals surface area contributed by atoms with Crippen LogP contribution in [-0.2, 0) is 4.79 Å². The summed E-state index contributed by atoms with van der Waals surface area (Å²) in [4.78, 5) is 10.7. The van der Waals surface area contributed by atoms with Crippen LogP contribution in [0.1, 0.15) is 12.8 Å². The minimum Gasteiger partial charge on any atom is -0.481 e. The molecule has 0 bridgehead atoms. The van der Waals surface area contributed by atoms with E-state index in [-0.39, 0.29) is 12.0 Å². The molecule has 1 saturated carbocycles. The maximum absolute atomic E-state index is 10.7. The second-order valence-electron chi connectivity index (χ2n) is 3.34. The van der Waals surface area contributed by atoms with Gasteiger partial charge in [0.2, 0.25) is 0 Å². The van der Waals surface area contributed by atoms with Crippen LogP contribution in [0.5, 0.6) is 0 Å². The van der Waals surface area contributed by atoms with E-state index in [1.165, 1.54) is 0 Å². The smallest absolute Gasteiger partial charge is 0.308 e. The molecular weight excluding hydrogens is 198 g/mol. The lowest BCUT2D eigenvalue weighted by Crippen LogP contribution is -2.48. The van der Waals surface area contributed by atoms with Crippen LogP contribution in [0, 0.1) is 18.3 Å². The van der Waals surface area contributed by atoms with Crippen LogP contribution in [0.4, 0.5) is 0 Å². The minimum atomic E-state index is -0.676. The summed E-state index contributed by atoms with van der Waals surface area (Å²) >= 11 is 1.69. The number of thioether (sulfide) groups is 1. The number of hydrogen-bond donors (Lipinski definition) is 2. The number of terminal acetylenes is 1. The van der Waals surface area contributed by atoms with Crippen LogP contribution in [0.3, 0.4) is 0 Å². The summed E-state index contributed by atoms with van der Waals surface area (Å²) in [6.45, 7) is 0.848. The number of carboxylic acids is 1. The molecule has 2 N–H and O–H groups in total. The summed E-state index contributed by atoms with van der Waals surface area (Å²) in [7, 11) is 0. The van der Waals surface area contributed by atoms with Gasteiger partial charge in [0.05, 0.1) is 11.7 Å². The van der Waals surface area contributed by atoms with Gasteiger partial charge >= 0.3 is 5.97 Å². The van der Waals surface area contributed by atoms with E-state index in [0.29, 0.717) is 0 Å². The van der Waals surface area contributed by atoms with E-state index in [4.69, 9.17) is 11.5 Å². The summed E-state index contributed by atoms with van der Waals surface area (Å²) in [5, 5.41) is 12.0. The largest absolute Gasteiger partial charge is 0.481 e. The fourth-order valence-electron chi connectivity index (χ4n) is 1.49. The van der Waals surface area contributed by atoms with Crippen LogP contribution < -0.4 is 5.32 Å². The highest BCUT2D eigenvalue weighted by atomic mass is 32.2. The Balaban J connectivity index is 2.02. The van der Waals surface area contributed by atoms with Gasteiger partial charge in [-0.1, -0.05) is 5.92 Å². The molecule has 0 spiro atoms. The molecule has 0 aromatic heterocycles. The van der Waals surface area contributed by atoms with Gasteiger partial charge in [-0.05, 0) is 12.8 Å². The van der Waals surface area contributed by atoms with Crippen LogP contribution in [0.15, 0.2) is 0 Å². The monoisotopic (exact) mass is 213 g/mol. The van der Waals surface area contributed by atoms with Crippen LogP contribution in [-0.4, -0.2) is 35.2 Å². The number of aliphatic carboxylic acids is 1. The van der Waals surface area contributed by atoms with Crippen molar-refractivity contribution < 1.29 is 9.90 Å². The Kier molecular flexibility index (Phi) is 4.85. The molecule has 78 valence electrons. The lowest BCUT2D eigenvalue weighted by Gasteiger charge is -2.34. The molecule has 2 atom stereocenters. The highest BCUT2D eigenvalue weighted by Crippen LogP contribution is 2.27. The van der Waals surface area contributed by atoms with Crippen molar-refractivity contribution in [3.63, 3.8) is 0 Å². The lowest BCUT2D eigenvalue weighted by molar-refractivity contribution is -0.145. The summed E-state index contributed by atoms with van der Waals surface area (Å²) in [5.41, 5.74) is 0. The van der Waals surface area contributed by atoms with Gasteiger partial charge in [0.15, 0.2) is 0 Å². The third-order valence-electron chi connectivity index (χ3n) is 2.43. The SMILES string of the molecule is C#CCSCCNC1CCC1C(=O)O. The molecule has 0 saturated heterocycles. The van der Waals surface area contributed by atoms with E-state index in [1.807, 2.05) is 0 Å². The Morgan fingerprint density at radius 1 is 1.64 bits per heavy atom. The van der Waals surface area contributed by atoms with Crippen LogP contribution in [0.2, 0.25) is 0 Å². The van der Waals surface area contributed by atoms with E-state index in [1.54, 1.807) is 11.8 Å². The summed E-state index contributed by atoms with van der Waals surface area (Å²) in [5.74, 6) is 3.38. The first kappa shape index (κ1) is 11.4.